The number of halogens is 1. The third-order valence-corrected chi connectivity index (χ3v) is 8.18. The quantitative estimate of drug-likeness (QED) is 0.0955. The van der Waals surface area contributed by atoms with Crippen LogP contribution in [0.2, 0.25) is 0 Å². The van der Waals surface area contributed by atoms with E-state index in [1.165, 1.54) is 27.7 Å². The van der Waals surface area contributed by atoms with Gasteiger partial charge in [-0.15, -0.1) is 0 Å². The number of phosphoric acid groups is 1. The molecule has 1 aliphatic rings. The molecule has 0 saturated carbocycles. The first-order valence-electron chi connectivity index (χ1n) is 15.2. The van der Waals surface area contributed by atoms with E-state index in [-0.39, 0.29) is 0 Å². The van der Waals surface area contributed by atoms with Crippen LogP contribution in [0.4, 0.5) is 14.0 Å². The molecule has 1 aromatic heterocycles. The minimum absolute atomic E-state index is 0.483. The van der Waals surface area contributed by atoms with Crippen LogP contribution in [0.25, 0.3) is 0 Å². The molecule has 3 unspecified atom stereocenters. The molecule has 7 atom stereocenters. The lowest BCUT2D eigenvalue weighted by atomic mass is 9.88. The summed E-state index contributed by atoms with van der Waals surface area (Å²) in [5.74, 6) is -1.59. The van der Waals surface area contributed by atoms with Gasteiger partial charge in [-0.25, -0.2) is 32.4 Å². The van der Waals surface area contributed by atoms with E-state index in [0.29, 0.717) is 4.57 Å². The van der Waals surface area contributed by atoms with Crippen molar-refractivity contribution in [1.82, 2.24) is 9.55 Å². The molecule has 1 saturated heterocycles. The predicted molar refractivity (Wildman–Crippen MR) is 164 cm³/mol. The zero-order chi connectivity index (χ0) is 37.5. The highest BCUT2D eigenvalue weighted by atomic mass is 31.2. The van der Waals surface area contributed by atoms with Gasteiger partial charge in [0.1, 0.15) is 18.3 Å². The summed E-state index contributed by atoms with van der Waals surface area (Å²) in [6.07, 6.45) is -10.1. The lowest BCUT2D eigenvalue weighted by Crippen LogP contribution is -2.57. The monoisotopic (exact) mass is 729 g/mol. The van der Waals surface area contributed by atoms with E-state index in [9.17, 15) is 33.6 Å². The number of carbonyl (C=O) groups is 3. The molecule has 0 aromatic carbocycles. The Kier molecular flexibility index (Phi) is 14.5. The summed E-state index contributed by atoms with van der Waals surface area (Å²) < 4.78 is 76.7. The van der Waals surface area contributed by atoms with Gasteiger partial charge in [0, 0.05) is 12.3 Å². The number of hydrogen-bond acceptors (Lipinski definition) is 17. The number of aromatic nitrogens is 2. The van der Waals surface area contributed by atoms with Crippen LogP contribution in [0.15, 0.2) is 21.9 Å². The Hall–Kier alpha value is -3.39. The summed E-state index contributed by atoms with van der Waals surface area (Å²) in [5, 5.41) is 11.7. The number of alkyl halides is 1. The second kappa shape index (κ2) is 17.0. The van der Waals surface area contributed by atoms with Crippen LogP contribution in [-0.4, -0.2) is 94.4 Å². The molecular formula is C28H45FN3O16P. The molecule has 0 spiro atoms. The Morgan fingerprint density at radius 3 is 1.94 bits per heavy atom. The lowest BCUT2D eigenvalue weighted by Gasteiger charge is -2.35. The summed E-state index contributed by atoms with van der Waals surface area (Å²) >= 11 is 0. The van der Waals surface area contributed by atoms with E-state index in [0.717, 1.165) is 33.0 Å². The number of ether oxygens (including phenoxy) is 6. The van der Waals surface area contributed by atoms with Crippen molar-refractivity contribution in [2.24, 2.45) is 11.7 Å². The molecule has 2 heterocycles. The molecule has 1 fully saturated rings. The SMILES string of the molecule is CC(C)OC(=O)OC(C)OP(=O)(OC[C@@]1(CF)O[C@@H](n2ccc(=O)[nH]c2=O)[C@](C)(O)[C@@H]1OC(=O)C(N)C(C)C)OC(C)OC(=O)OC(C)C. The predicted octanol–water partition coefficient (Wildman–Crippen LogP) is 2.39. The van der Waals surface area contributed by atoms with Crippen LogP contribution in [0.1, 0.15) is 68.5 Å². The Morgan fingerprint density at radius 2 is 1.51 bits per heavy atom. The molecule has 0 amide bonds. The van der Waals surface area contributed by atoms with Crippen LogP contribution in [0.3, 0.4) is 0 Å². The van der Waals surface area contributed by atoms with E-state index in [2.05, 4.69) is 0 Å². The number of H-pyrrole nitrogens is 1. The Labute approximate surface area is 281 Å². The number of nitrogens with zero attached hydrogens (tertiary/aromatic N) is 1. The highest BCUT2D eigenvalue weighted by Crippen LogP contribution is 2.55. The maximum Gasteiger partial charge on any atom is 0.510 e. The van der Waals surface area contributed by atoms with Gasteiger partial charge in [0.25, 0.3) is 5.56 Å². The third kappa shape index (κ3) is 11.3. The second-order valence-corrected chi connectivity index (χ2v) is 13.7. The van der Waals surface area contributed by atoms with E-state index >= 15 is 4.39 Å². The van der Waals surface area contributed by atoms with Crippen molar-refractivity contribution in [2.75, 3.05) is 13.3 Å². The normalized spacial score (nSPS) is 25.4. The van der Waals surface area contributed by atoms with Crippen molar-refractivity contribution in [3.8, 4) is 0 Å². The van der Waals surface area contributed by atoms with Gasteiger partial charge < -0.3 is 39.3 Å². The highest BCUT2D eigenvalue weighted by Gasteiger charge is 2.66. The maximum absolute atomic E-state index is 15.3. The molecule has 49 heavy (non-hydrogen) atoms. The second-order valence-electron chi connectivity index (χ2n) is 12.1. The summed E-state index contributed by atoms with van der Waals surface area (Å²) in [4.78, 5) is 63.4. The molecule has 1 aromatic rings. The minimum atomic E-state index is -5.14. The number of esters is 1. The topological polar surface area (TPSA) is 252 Å². The first-order valence-corrected chi connectivity index (χ1v) is 16.6. The van der Waals surface area contributed by atoms with E-state index < -0.39 is 111 Å². The van der Waals surface area contributed by atoms with E-state index in [4.69, 9.17) is 47.7 Å². The fourth-order valence-corrected chi connectivity index (χ4v) is 5.71. The van der Waals surface area contributed by atoms with Crippen molar-refractivity contribution in [2.45, 2.75) is 117 Å². The average molecular weight is 730 g/mol. The standard InChI is InChI=1S/C28H45FN3O16P/c1-14(2)20(30)21(34)45-22-27(9,38)23(32-11-10-19(33)31-24(32)35)46-28(22,12-29)13-40-49(39,47-17(7)43-25(36)41-15(3)4)48-18(8)44-26(37)42-16(5)6/h10-11,14-18,20,22-23,38H,12-13,30H2,1-9H3,(H,31,33,35)/t17?,18?,20?,22-,23+,27+,28+,49?/m0/s1. The molecule has 280 valence electrons. The van der Waals surface area contributed by atoms with E-state index in [1.54, 1.807) is 13.8 Å². The molecule has 0 radical (unpaired) electrons. The first kappa shape index (κ1) is 41.8. The fourth-order valence-electron chi connectivity index (χ4n) is 4.35. The van der Waals surface area contributed by atoms with Crippen molar-refractivity contribution < 1.29 is 70.4 Å². The zero-order valence-corrected chi connectivity index (χ0v) is 29.5. The molecule has 0 bridgehead atoms. The van der Waals surface area contributed by atoms with Gasteiger partial charge >= 0.3 is 31.8 Å². The van der Waals surface area contributed by atoms with Crippen molar-refractivity contribution in [3.05, 3.63) is 33.1 Å². The number of hydrogen-bond donors (Lipinski definition) is 3. The van der Waals surface area contributed by atoms with Crippen molar-refractivity contribution in [3.63, 3.8) is 0 Å². The molecule has 1 aliphatic heterocycles. The summed E-state index contributed by atoms with van der Waals surface area (Å²) in [6.45, 7) is 9.67. The number of rotatable bonds is 16. The number of aromatic amines is 1. The van der Waals surface area contributed by atoms with Crippen LogP contribution >= 0.6 is 7.82 Å². The number of carbonyl (C=O) groups excluding carboxylic acids is 3. The van der Waals surface area contributed by atoms with Crippen LogP contribution in [-0.2, 0) is 51.4 Å². The zero-order valence-electron chi connectivity index (χ0n) is 28.6. The number of nitrogens with two attached hydrogens (primary N) is 1. The third-order valence-electron chi connectivity index (χ3n) is 6.62. The van der Waals surface area contributed by atoms with Crippen LogP contribution < -0.4 is 17.0 Å². The largest absolute Gasteiger partial charge is 0.510 e. The molecule has 4 N–H and O–H groups in total. The molecule has 19 nitrogen and oxygen atoms in total. The molecule has 2 rings (SSSR count). The molecular weight excluding hydrogens is 684 g/mol. The van der Waals surface area contributed by atoms with Gasteiger partial charge in [-0.05, 0) is 54.4 Å². The molecule has 0 aliphatic carbocycles. The van der Waals surface area contributed by atoms with Gasteiger partial charge in [0.05, 0.1) is 18.8 Å². The van der Waals surface area contributed by atoms with Gasteiger partial charge in [-0.2, -0.15) is 0 Å². The average Bonchev–Trinajstić information content (AvgIpc) is 3.16. The summed E-state index contributed by atoms with van der Waals surface area (Å²) in [5.41, 5.74) is -1.00. The summed E-state index contributed by atoms with van der Waals surface area (Å²) in [6, 6.07) is -0.357. The highest BCUT2D eigenvalue weighted by molar-refractivity contribution is 7.48. The lowest BCUT2D eigenvalue weighted by molar-refractivity contribution is -0.179. The summed E-state index contributed by atoms with van der Waals surface area (Å²) in [7, 11) is -5.14. The first-order chi connectivity index (χ1) is 22.6. The van der Waals surface area contributed by atoms with Crippen LogP contribution in [0, 0.1) is 5.92 Å². The van der Waals surface area contributed by atoms with Gasteiger partial charge in [-0.3, -0.25) is 23.7 Å². The Morgan fingerprint density at radius 1 is 1.00 bits per heavy atom. The maximum atomic E-state index is 15.3. The van der Waals surface area contributed by atoms with Gasteiger partial charge in [0.15, 0.2) is 17.9 Å². The minimum Gasteiger partial charge on any atom is -0.455 e. The van der Waals surface area contributed by atoms with Gasteiger partial charge in [0.2, 0.25) is 12.6 Å². The smallest absolute Gasteiger partial charge is 0.455 e. The van der Waals surface area contributed by atoms with Crippen molar-refractivity contribution in [1.29, 1.82) is 0 Å². The fraction of sp³-hybridized carbons (Fsp3) is 0.750. The number of nitrogens with one attached hydrogen (secondary N) is 1. The Balaban J connectivity index is 2.55. The van der Waals surface area contributed by atoms with Crippen LogP contribution in [0.5, 0.6) is 0 Å². The van der Waals surface area contributed by atoms with E-state index in [1.807, 2.05) is 4.98 Å². The molecule has 21 heteroatoms. The van der Waals surface area contributed by atoms with Crippen molar-refractivity contribution >= 4 is 26.1 Å². The number of aliphatic hydroxyl groups is 1. The Bertz CT molecular complexity index is 1430. The number of phosphoric ester groups is 1. The van der Waals surface area contributed by atoms with Gasteiger partial charge in [-0.1, -0.05) is 13.8 Å².